The number of benzene rings is 1. The van der Waals surface area contributed by atoms with Crippen molar-refractivity contribution in [2.24, 2.45) is 0 Å². The van der Waals surface area contributed by atoms with Crippen molar-refractivity contribution in [3.63, 3.8) is 0 Å². The van der Waals surface area contributed by atoms with E-state index in [4.69, 9.17) is 5.41 Å². The lowest BCUT2D eigenvalue weighted by Crippen LogP contribution is -2.36. The summed E-state index contributed by atoms with van der Waals surface area (Å²) in [5.74, 6) is -1.45. The van der Waals surface area contributed by atoms with Crippen LogP contribution in [0, 0.1) is 17.0 Å². The molecule has 4 rings (SSSR count). The number of nitrogens with one attached hydrogen (secondary N) is 3. The Bertz CT molecular complexity index is 1070. The van der Waals surface area contributed by atoms with Crippen LogP contribution in [0.15, 0.2) is 49.1 Å². The maximum absolute atomic E-state index is 14.5. The first-order valence-corrected chi connectivity index (χ1v) is 8.38. The molecule has 0 fully saturated rings. The summed E-state index contributed by atoms with van der Waals surface area (Å²) >= 11 is 0. The zero-order valence-corrected chi connectivity index (χ0v) is 14.4. The highest BCUT2D eigenvalue weighted by atomic mass is 19.1. The van der Waals surface area contributed by atoms with E-state index in [1.54, 1.807) is 0 Å². The Hall–Kier alpha value is -3.75. The van der Waals surface area contributed by atoms with Crippen LogP contribution in [-0.4, -0.2) is 26.7 Å². The van der Waals surface area contributed by atoms with Gasteiger partial charge >= 0.3 is 0 Å². The molecule has 1 amide bonds. The molecule has 3 heterocycles. The lowest BCUT2D eigenvalue weighted by atomic mass is 9.94. The predicted molar refractivity (Wildman–Crippen MR) is 97.0 cm³/mol. The van der Waals surface area contributed by atoms with Crippen molar-refractivity contribution < 1.29 is 13.6 Å². The molecular formula is C19H14F2N6O. The lowest BCUT2D eigenvalue weighted by Gasteiger charge is -2.27. The smallest absolute Gasteiger partial charge is 0.274 e. The number of amidine groups is 1. The highest BCUT2D eigenvalue weighted by Gasteiger charge is 2.26. The largest absolute Gasteiger partial charge is 0.363 e. The zero-order chi connectivity index (χ0) is 19.7. The van der Waals surface area contributed by atoms with E-state index >= 15 is 0 Å². The molecule has 0 spiro atoms. The van der Waals surface area contributed by atoms with Crippen LogP contribution in [0.4, 0.5) is 14.5 Å². The SMILES string of the molecule is N=C1NC(c2cc(NC(=O)c3ccc(F)cn3)ccc2F)Cc2ncncc21. The van der Waals surface area contributed by atoms with Gasteiger partial charge in [-0.15, -0.1) is 0 Å². The Balaban J connectivity index is 1.59. The third-order valence-corrected chi connectivity index (χ3v) is 4.37. The van der Waals surface area contributed by atoms with Crippen LogP contribution in [-0.2, 0) is 6.42 Å². The fourth-order valence-electron chi connectivity index (χ4n) is 3.00. The maximum atomic E-state index is 14.5. The average Bonchev–Trinajstić information content (AvgIpc) is 2.70. The van der Waals surface area contributed by atoms with Crippen LogP contribution in [0.1, 0.15) is 33.4 Å². The Morgan fingerprint density at radius 3 is 2.82 bits per heavy atom. The number of hydrogen-bond donors (Lipinski definition) is 3. The molecule has 0 aliphatic carbocycles. The van der Waals surface area contributed by atoms with Gasteiger partial charge in [0.2, 0.25) is 0 Å². The number of pyridine rings is 1. The van der Waals surface area contributed by atoms with Gasteiger partial charge in [-0.1, -0.05) is 0 Å². The first-order chi connectivity index (χ1) is 13.5. The number of aromatic nitrogens is 3. The molecular weight excluding hydrogens is 366 g/mol. The zero-order valence-electron chi connectivity index (χ0n) is 14.4. The second-order valence-electron chi connectivity index (χ2n) is 6.21. The van der Waals surface area contributed by atoms with Crippen molar-refractivity contribution >= 4 is 17.4 Å². The highest BCUT2D eigenvalue weighted by Crippen LogP contribution is 2.28. The van der Waals surface area contributed by atoms with E-state index < -0.39 is 23.6 Å². The molecule has 28 heavy (non-hydrogen) atoms. The highest BCUT2D eigenvalue weighted by molar-refractivity contribution is 6.03. The Morgan fingerprint density at radius 1 is 1.18 bits per heavy atom. The summed E-state index contributed by atoms with van der Waals surface area (Å²) in [5.41, 5.74) is 1.91. The van der Waals surface area contributed by atoms with Crippen LogP contribution in [0.2, 0.25) is 0 Å². The molecule has 140 valence electrons. The third kappa shape index (κ3) is 3.41. The fourth-order valence-corrected chi connectivity index (χ4v) is 3.00. The summed E-state index contributed by atoms with van der Waals surface area (Å²) in [7, 11) is 0. The summed E-state index contributed by atoms with van der Waals surface area (Å²) in [6.45, 7) is 0. The average molecular weight is 380 g/mol. The number of halogens is 2. The minimum Gasteiger partial charge on any atom is -0.363 e. The van der Waals surface area contributed by atoms with Crippen LogP contribution >= 0.6 is 0 Å². The number of nitrogens with zero attached hydrogens (tertiary/aromatic N) is 3. The molecule has 0 saturated carbocycles. The van der Waals surface area contributed by atoms with Crippen molar-refractivity contribution in [3.05, 3.63) is 83.2 Å². The second-order valence-corrected chi connectivity index (χ2v) is 6.21. The molecule has 1 atom stereocenters. The maximum Gasteiger partial charge on any atom is 0.274 e. The van der Waals surface area contributed by atoms with Crippen molar-refractivity contribution in [1.29, 1.82) is 5.41 Å². The first kappa shape index (κ1) is 17.7. The van der Waals surface area contributed by atoms with E-state index in [-0.39, 0.29) is 11.5 Å². The van der Waals surface area contributed by atoms with Crippen LogP contribution in [0.5, 0.6) is 0 Å². The molecule has 7 nitrogen and oxygen atoms in total. The number of hydrogen-bond acceptors (Lipinski definition) is 5. The molecule has 0 saturated heterocycles. The summed E-state index contributed by atoms with van der Waals surface area (Å²) in [5, 5.41) is 13.7. The topological polar surface area (TPSA) is 104 Å². The van der Waals surface area contributed by atoms with E-state index in [0.717, 1.165) is 12.3 Å². The molecule has 1 aliphatic rings. The number of carbonyl (C=O) groups excluding carboxylic acids is 1. The summed E-state index contributed by atoms with van der Waals surface area (Å²) in [6.07, 6.45) is 4.24. The molecule has 3 N–H and O–H groups in total. The third-order valence-electron chi connectivity index (χ3n) is 4.37. The molecule has 9 heteroatoms. The van der Waals surface area contributed by atoms with Gasteiger partial charge in [0, 0.05) is 23.9 Å². The van der Waals surface area contributed by atoms with Crippen molar-refractivity contribution in [1.82, 2.24) is 20.3 Å². The van der Waals surface area contributed by atoms with E-state index in [9.17, 15) is 13.6 Å². The number of amides is 1. The number of rotatable bonds is 3. The van der Waals surface area contributed by atoms with Gasteiger partial charge in [-0.3, -0.25) is 10.2 Å². The van der Waals surface area contributed by atoms with Gasteiger partial charge in [-0.05, 0) is 30.3 Å². The summed E-state index contributed by atoms with van der Waals surface area (Å²) in [6, 6.07) is 6.03. The fraction of sp³-hybridized carbons (Fsp3) is 0.105. The van der Waals surface area contributed by atoms with Gasteiger partial charge in [-0.25, -0.2) is 23.7 Å². The molecule has 1 unspecified atom stereocenters. The van der Waals surface area contributed by atoms with Crippen LogP contribution in [0.3, 0.4) is 0 Å². The predicted octanol–water partition coefficient (Wildman–Crippen LogP) is 2.61. The number of fused-ring (bicyclic) bond motifs is 1. The first-order valence-electron chi connectivity index (χ1n) is 8.38. The van der Waals surface area contributed by atoms with E-state index in [2.05, 4.69) is 25.6 Å². The molecule has 3 aromatic rings. The minimum absolute atomic E-state index is 0.0375. The molecule has 1 aliphatic heterocycles. The molecule has 2 aromatic heterocycles. The van der Waals surface area contributed by atoms with Gasteiger partial charge in [0.05, 0.1) is 23.5 Å². The quantitative estimate of drug-likeness (QED) is 0.648. The van der Waals surface area contributed by atoms with Crippen molar-refractivity contribution in [2.45, 2.75) is 12.5 Å². The molecule has 0 bridgehead atoms. The van der Waals surface area contributed by atoms with Gasteiger partial charge in [-0.2, -0.15) is 0 Å². The minimum atomic E-state index is -0.546. The summed E-state index contributed by atoms with van der Waals surface area (Å²) in [4.78, 5) is 24.1. The van der Waals surface area contributed by atoms with E-state index in [0.29, 0.717) is 28.9 Å². The second kappa shape index (κ2) is 7.10. The van der Waals surface area contributed by atoms with E-state index in [1.165, 1.54) is 36.8 Å². The number of carbonyl (C=O) groups is 1. The van der Waals surface area contributed by atoms with Gasteiger partial charge in [0.25, 0.3) is 5.91 Å². The Labute approximate surface area is 158 Å². The monoisotopic (exact) mass is 380 g/mol. The van der Waals surface area contributed by atoms with Crippen molar-refractivity contribution in [2.75, 3.05) is 5.32 Å². The summed E-state index contributed by atoms with van der Waals surface area (Å²) < 4.78 is 27.4. The number of anilines is 1. The van der Waals surface area contributed by atoms with Gasteiger partial charge < -0.3 is 10.6 Å². The molecule has 0 radical (unpaired) electrons. The normalized spacial score (nSPS) is 15.5. The van der Waals surface area contributed by atoms with Crippen LogP contribution in [0.25, 0.3) is 0 Å². The van der Waals surface area contributed by atoms with Crippen molar-refractivity contribution in [3.8, 4) is 0 Å². The molecule has 1 aromatic carbocycles. The standard InChI is InChI=1S/C19H14F2N6O/c20-10-1-4-15(24-7-10)19(28)26-11-2-3-14(21)12(5-11)17-6-16-13(18(22)27-17)8-23-9-25-16/h1-5,7-9,17H,6H2,(H2,22,27)(H,26,28). The van der Waals surface area contributed by atoms with Crippen LogP contribution < -0.4 is 10.6 Å². The Morgan fingerprint density at radius 2 is 2.04 bits per heavy atom. The Kier molecular flexibility index (Phi) is 4.48. The van der Waals surface area contributed by atoms with Gasteiger partial charge in [0.1, 0.15) is 29.5 Å². The van der Waals surface area contributed by atoms with E-state index in [1.807, 2.05) is 0 Å². The lowest BCUT2D eigenvalue weighted by molar-refractivity contribution is 0.102. The van der Waals surface area contributed by atoms with Gasteiger partial charge in [0.15, 0.2) is 0 Å².